The van der Waals surface area contributed by atoms with Crippen molar-refractivity contribution in [1.82, 2.24) is 0 Å². The van der Waals surface area contributed by atoms with Crippen LogP contribution in [0, 0.1) is 0 Å². The smallest absolute Gasteiger partial charge is 0.338 e. The highest BCUT2D eigenvalue weighted by Gasteiger charge is 2.30. The third kappa shape index (κ3) is 1.77. The molecule has 1 aromatic carbocycles. The minimum absolute atomic E-state index is 0.0812. The van der Waals surface area contributed by atoms with E-state index in [0.29, 0.717) is 12.2 Å². The molecule has 0 aliphatic carbocycles. The first-order chi connectivity index (χ1) is 7.54. The Morgan fingerprint density at radius 1 is 1.50 bits per heavy atom. The lowest BCUT2D eigenvalue weighted by atomic mass is 9.86. The van der Waals surface area contributed by atoms with Gasteiger partial charge in [0.05, 0.1) is 12.2 Å². The molecule has 16 heavy (non-hydrogen) atoms. The normalized spacial score (nSPS) is 16.4. The second kappa shape index (κ2) is 3.81. The van der Waals surface area contributed by atoms with Crippen LogP contribution < -0.4 is 5.32 Å². The van der Waals surface area contributed by atoms with E-state index in [1.807, 2.05) is 25.1 Å². The molecule has 3 heteroatoms. The maximum Gasteiger partial charge on any atom is 0.338 e. The van der Waals surface area contributed by atoms with Gasteiger partial charge in [-0.15, -0.1) is 0 Å². The lowest BCUT2D eigenvalue weighted by Gasteiger charge is -2.17. The highest BCUT2D eigenvalue weighted by atomic mass is 16.5. The Balaban J connectivity index is 2.36. The van der Waals surface area contributed by atoms with Gasteiger partial charge in [-0.2, -0.15) is 0 Å². The summed E-state index contributed by atoms with van der Waals surface area (Å²) in [4.78, 5) is 11.6. The Bertz CT molecular complexity index is 424. The summed E-state index contributed by atoms with van der Waals surface area (Å²) < 4.78 is 5.00. The standard InChI is InChI=1S/C13H17NO2/c1-4-16-12(15)9-5-6-11-10(7-9)13(2,3)8-14-11/h5-7,14H,4,8H2,1-3H3. The van der Waals surface area contributed by atoms with Crippen molar-refractivity contribution in [3.8, 4) is 0 Å². The molecule has 0 saturated heterocycles. The first-order valence-corrected chi connectivity index (χ1v) is 5.60. The second-order valence-electron chi connectivity index (χ2n) is 4.72. The van der Waals surface area contributed by atoms with Crippen molar-refractivity contribution in [2.24, 2.45) is 0 Å². The molecule has 0 fully saturated rings. The van der Waals surface area contributed by atoms with E-state index in [1.54, 1.807) is 0 Å². The average Bonchev–Trinajstić information content (AvgIpc) is 2.55. The number of carbonyl (C=O) groups is 1. The lowest BCUT2D eigenvalue weighted by Crippen LogP contribution is -2.19. The summed E-state index contributed by atoms with van der Waals surface area (Å²) in [6, 6.07) is 5.70. The van der Waals surface area contributed by atoms with E-state index in [-0.39, 0.29) is 11.4 Å². The van der Waals surface area contributed by atoms with Gasteiger partial charge < -0.3 is 10.1 Å². The third-order valence-corrected chi connectivity index (χ3v) is 2.98. The molecule has 1 aromatic rings. The minimum Gasteiger partial charge on any atom is -0.462 e. The van der Waals surface area contributed by atoms with Gasteiger partial charge in [-0.05, 0) is 30.7 Å². The molecule has 1 aliphatic rings. The number of carbonyl (C=O) groups excluding carboxylic acids is 1. The number of ether oxygens (including phenoxy) is 1. The van der Waals surface area contributed by atoms with Crippen LogP contribution in [0.2, 0.25) is 0 Å². The van der Waals surface area contributed by atoms with Crippen LogP contribution in [0.15, 0.2) is 18.2 Å². The van der Waals surface area contributed by atoms with Gasteiger partial charge in [0.15, 0.2) is 0 Å². The topological polar surface area (TPSA) is 38.3 Å². The van der Waals surface area contributed by atoms with Gasteiger partial charge in [0.1, 0.15) is 0 Å². The fourth-order valence-corrected chi connectivity index (χ4v) is 2.01. The molecule has 0 radical (unpaired) electrons. The summed E-state index contributed by atoms with van der Waals surface area (Å²) in [5.74, 6) is -0.243. The SMILES string of the molecule is CCOC(=O)c1ccc2c(c1)C(C)(C)CN2. The summed E-state index contributed by atoms with van der Waals surface area (Å²) in [7, 11) is 0. The summed E-state index contributed by atoms with van der Waals surface area (Å²) in [6.45, 7) is 7.48. The predicted molar refractivity (Wildman–Crippen MR) is 63.9 cm³/mol. The van der Waals surface area contributed by atoms with E-state index in [1.165, 1.54) is 5.56 Å². The number of fused-ring (bicyclic) bond motifs is 1. The van der Waals surface area contributed by atoms with Crippen molar-refractivity contribution in [3.05, 3.63) is 29.3 Å². The van der Waals surface area contributed by atoms with E-state index >= 15 is 0 Å². The molecular weight excluding hydrogens is 202 g/mol. The molecule has 1 N–H and O–H groups in total. The molecule has 1 aliphatic heterocycles. The maximum absolute atomic E-state index is 11.6. The van der Waals surface area contributed by atoms with E-state index in [9.17, 15) is 4.79 Å². The van der Waals surface area contributed by atoms with Gasteiger partial charge >= 0.3 is 5.97 Å². The highest BCUT2D eigenvalue weighted by molar-refractivity contribution is 5.90. The largest absolute Gasteiger partial charge is 0.462 e. The van der Waals surface area contributed by atoms with E-state index in [4.69, 9.17) is 4.74 Å². The Morgan fingerprint density at radius 3 is 2.94 bits per heavy atom. The number of rotatable bonds is 2. The van der Waals surface area contributed by atoms with E-state index in [2.05, 4.69) is 19.2 Å². The van der Waals surface area contributed by atoms with Crippen molar-refractivity contribution in [2.45, 2.75) is 26.2 Å². The van der Waals surface area contributed by atoms with Crippen molar-refractivity contribution in [1.29, 1.82) is 0 Å². The molecule has 1 heterocycles. The molecular formula is C13H17NO2. The first-order valence-electron chi connectivity index (χ1n) is 5.60. The lowest BCUT2D eigenvalue weighted by molar-refractivity contribution is 0.0526. The number of nitrogens with one attached hydrogen (secondary N) is 1. The van der Waals surface area contributed by atoms with Crippen molar-refractivity contribution in [2.75, 3.05) is 18.5 Å². The molecule has 0 aromatic heterocycles. The van der Waals surface area contributed by atoms with E-state index < -0.39 is 0 Å². The van der Waals surface area contributed by atoms with Gasteiger partial charge in [0.25, 0.3) is 0 Å². The molecule has 0 saturated carbocycles. The Morgan fingerprint density at radius 2 is 2.25 bits per heavy atom. The molecule has 2 rings (SSSR count). The Kier molecular flexibility index (Phi) is 2.62. The van der Waals surface area contributed by atoms with Crippen LogP contribution in [0.3, 0.4) is 0 Å². The van der Waals surface area contributed by atoms with Crippen LogP contribution in [0.25, 0.3) is 0 Å². The highest BCUT2D eigenvalue weighted by Crippen LogP contribution is 2.36. The molecule has 0 bridgehead atoms. The van der Waals surface area contributed by atoms with Crippen LogP contribution in [-0.4, -0.2) is 19.1 Å². The number of benzene rings is 1. The molecule has 0 spiro atoms. The van der Waals surface area contributed by atoms with Crippen molar-refractivity contribution >= 4 is 11.7 Å². The zero-order valence-electron chi connectivity index (χ0n) is 9.96. The second-order valence-corrected chi connectivity index (χ2v) is 4.72. The fourth-order valence-electron chi connectivity index (χ4n) is 2.01. The Labute approximate surface area is 95.8 Å². The Hall–Kier alpha value is -1.51. The van der Waals surface area contributed by atoms with Gasteiger partial charge in [0, 0.05) is 17.6 Å². The third-order valence-electron chi connectivity index (χ3n) is 2.98. The zero-order valence-corrected chi connectivity index (χ0v) is 9.96. The number of hydrogen-bond donors (Lipinski definition) is 1. The van der Waals surface area contributed by atoms with Gasteiger partial charge in [-0.1, -0.05) is 13.8 Å². The molecule has 3 nitrogen and oxygen atoms in total. The van der Waals surface area contributed by atoms with Gasteiger partial charge in [-0.25, -0.2) is 4.79 Å². The number of anilines is 1. The van der Waals surface area contributed by atoms with Crippen molar-refractivity contribution in [3.63, 3.8) is 0 Å². The van der Waals surface area contributed by atoms with Crippen molar-refractivity contribution < 1.29 is 9.53 Å². The quantitative estimate of drug-likeness (QED) is 0.777. The number of hydrogen-bond acceptors (Lipinski definition) is 3. The van der Waals surface area contributed by atoms with Crippen LogP contribution >= 0.6 is 0 Å². The summed E-state index contributed by atoms with van der Waals surface area (Å²) in [5, 5.41) is 3.34. The van der Waals surface area contributed by atoms with Crippen LogP contribution in [0.4, 0.5) is 5.69 Å². The predicted octanol–water partition coefficient (Wildman–Crippen LogP) is 2.57. The molecule has 0 amide bonds. The fraction of sp³-hybridized carbons (Fsp3) is 0.462. The summed E-state index contributed by atoms with van der Waals surface area (Å²) in [5.41, 5.74) is 3.03. The monoisotopic (exact) mass is 219 g/mol. The number of esters is 1. The summed E-state index contributed by atoms with van der Waals surface area (Å²) >= 11 is 0. The van der Waals surface area contributed by atoms with Gasteiger partial charge in [-0.3, -0.25) is 0 Å². The van der Waals surface area contributed by atoms with Crippen LogP contribution in [0.1, 0.15) is 36.7 Å². The van der Waals surface area contributed by atoms with Gasteiger partial charge in [0.2, 0.25) is 0 Å². The minimum atomic E-state index is -0.243. The first kappa shape index (κ1) is 11.0. The van der Waals surface area contributed by atoms with Crippen LogP contribution in [0.5, 0.6) is 0 Å². The van der Waals surface area contributed by atoms with E-state index in [0.717, 1.165) is 12.2 Å². The average molecular weight is 219 g/mol. The maximum atomic E-state index is 11.6. The molecule has 0 atom stereocenters. The molecule has 0 unspecified atom stereocenters. The zero-order chi connectivity index (χ0) is 11.8. The van der Waals surface area contributed by atoms with Crippen LogP contribution in [-0.2, 0) is 10.2 Å². The molecule has 86 valence electrons. The summed E-state index contributed by atoms with van der Waals surface area (Å²) in [6.07, 6.45) is 0.